The zero-order valence-corrected chi connectivity index (χ0v) is 25.0. The quantitative estimate of drug-likeness (QED) is 0.359. The van der Waals surface area contributed by atoms with Crippen molar-refractivity contribution in [2.45, 2.75) is 129 Å². The van der Waals surface area contributed by atoms with Crippen LogP contribution in [0.25, 0.3) is 11.1 Å². The van der Waals surface area contributed by atoms with Crippen molar-refractivity contribution in [1.82, 2.24) is 0 Å². The lowest BCUT2D eigenvalue weighted by atomic mass is 9.53. The van der Waals surface area contributed by atoms with Gasteiger partial charge in [-0.15, -0.1) is 0 Å². The number of halogens is 1. The topological polar surface area (TPSA) is 0 Å². The molecule has 0 heterocycles. The van der Waals surface area contributed by atoms with Crippen molar-refractivity contribution in [1.29, 1.82) is 0 Å². The van der Waals surface area contributed by atoms with Crippen LogP contribution < -0.4 is 0 Å². The summed E-state index contributed by atoms with van der Waals surface area (Å²) in [4.78, 5) is 0. The maximum atomic E-state index is 4.12. The van der Waals surface area contributed by atoms with Gasteiger partial charge in [0.25, 0.3) is 0 Å². The van der Waals surface area contributed by atoms with E-state index in [1.807, 2.05) is 0 Å². The Kier molecular flexibility index (Phi) is 6.60. The number of fused-ring (bicyclic) bond motifs is 3. The largest absolute Gasteiger partial charge is 0.0561 e. The Morgan fingerprint density at radius 3 is 1.74 bits per heavy atom. The molecule has 35 heavy (non-hydrogen) atoms. The van der Waals surface area contributed by atoms with Crippen LogP contribution in [0, 0.1) is 18.8 Å². The summed E-state index contributed by atoms with van der Waals surface area (Å²) in [5.74, 6) is 1.52. The Balaban J connectivity index is 1.94. The molecule has 0 unspecified atom stereocenters. The molecular weight excluding hydrogens is 488 g/mol. The molecule has 0 bridgehead atoms. The van der Waals surface area contributed by atoms with Gasteiger partial charge in [0.15, 0.2) is 0 Å². The highest BCUT2D eigenvalue weighted by Crippen LogP contribution is 2.65. The fourth-order valence-electron chi connectivity index (χ4n) is 8.08. The van der Waals surface area contributed by atoms with Crippen molar-refractivity contribution in [2.24, 2.45) is 11.8 Å². The monoisotopic (exact) mass is 534 g/mol. The van der Waals surface area contributed by atoms with Crippen LogP contribution in [-0.4, -0.2) is 0 Å². The van der Waals surface area contributed by atoms with Crippen LogP contribution in [0.2, 0.25) is 0 Å². The molecule has 0 atom stereocenters. The predicted molar refractivity (Wildman–Crippen MR) is 156 cm³/mol. The zero-order chi connectivity index (χ0) is 25.2. The molecule has 5 rings (SSSR count). The van der Waals surface area contributed by atoms with Crippen molar-refractivity contribution >= 4 is 15.9 Å². The van der Waals surface area contributed by atoms with E-state index in [9.17, 15) is 0 Å². The molecule has 0 aromatic heterocycles. The van der Waals surface area contributed by atoms with Gasteiger partial charge in [0.05, 0.1) is 0 Å². The van der Waals surface area contributed by atoms with Crippen LogP contribution in [0.4, 0.5) is 0 Å². The van der Waals surface area contributed by atoms with Gasteiger partial charge < -0.3 is 0 Å². The van der Waals surface area contributed by atoms with Gasteiger partial charge in [-0.05, 0) is 94.7 Å². The number of hydrogen-bond donors (Lipinski definition) is 0. The highest BCUT2D eigenvalue weighted by Gasteiger charge is 2.55. The van der Waals surface area contributed by atoms with Gasteiger partial charge in [-0.3, -0.25) is 0 Å². The molecule has 2 fully saturated rings. The van der Waals surface area contributed by atoms with Gasteiger partial charge >= 0.3 is 0 Å². The third-order valence-corrected chi connectivity index (χ3v) is 10.3. The van der Waals surface area contributed by atoms with Crippen molar-refractivity contribution < 1.29 is 0 Å². The minimum absolute atomic E-state index is 0.115. The molecule has 0 N–H and O–H groups in total. The smallest absolute Gasteiger partial charge is 0.0274 e. The van der Waals surface area contributed by atoms with Crippen LogP contribution in [0.1, 0.15) is 134 Å². The maximum absolute atomic E-state index is 4.12. The highest BCUT2D eigenvalue weighted by atomic mass is 79.9. The Morgan fingerprint density at radius 1 is 0.714 bits per heavy atom. The van der Waals surface area contributed by atoms with Gasteiger partial charge in [-0.2, -0.15) is 0 Å². The second kappa shape index (κ2) is 9.04. The van der Waals surface area contributed by atoms with E-state index < -0.39 is 0 Å². The van der Waals surface area contributed by atoms with E-state index >= 15 is 0 Å². The van der Waals surface area contributed by atoms with Crippen molar-refractivity contribution in [2.75, 3.05) is 0 Å². The van der Waals surface area contributed by atoms with Crippen LogP contribution in [0.5, 0.6) is 0 Å². The second-order valence-electron chi connectivity index (χ2n) is 14.2. The third-order valence-electron chi connectivity index (χ3n) is 9.67. The molecule has 2 aromatic carbocycles. The van der Waals surface area contributed by atoms with Crippen LogP contribution in [0.15, 0.2) is 28.7 Å². The average molecular weight is 536 g/mol. The van der Waals surface area contributed by atoms with Crippen molar-refractivity contribution in [3.63, 3.8) is 0 Å². The lowest BCUT2D eigenvalue weighted by Crippen LogP contribution is -2.45. The number of benzene rings is 2. The van der Waals surface area contributed by atoms with Crippen LogP contribution >= 0.6 is 15.9 Å². The Hall–Kier alpha value is -1.08. The molecule has 2 aromatic rings. The van der Waals surface area contributed by atoms with E-state index in [0.717, 1.165) is 11.8 Å². The Bertz CT molecular complexity index is 1080. The summed E-state index contributed by atoms with van der Waals surface area (Å²) >= 11 is 4.12. The summed E-state index contributed by atoms with van der Waals surface area (Å²) in [5.41, 5.74) is 11.4. The molecule has 0 aliphatic heterocycles. The first kappa shape index (κ1) is 25.6. The number of rotatable bonds is 2. The summed E-state index contributed by atoms with van der Waals surface area (Å²) in [7, 11) is 0. The standard InChI is InChI=1S/C34H47Br/c1-22-18-27-30(29(35)19-22)26-20-25(32(2,3)4)21-28(33(5,6)7)31(26)34(27,23-14-10-8-11-15-23)24-16-12-9-13-17-24/h18-21,23-24H,8-17H2,1-7H3. The summed E-state index contributed by atoms with van der Waals surface area (Å²) < 4.78 is 1.31. The normalized spacial score (nSPS) is 21.1. The number of hydrogen-bond acceptors (Lipinski definition) is 0. The molecule has 3 aliphatic carbocycles. The molecule has 0 saturated heterocycles. The van der Waals surface area contributed by atoms with E-state index in [4.69, 9.17) is 0 Å². The molecule has 1 heteroatoms. The molecule has 2 saturated carbocycles. The van der Waals surface area contributed by atoms with Crippen molar-refractivity contribution in [3.05, 3.63) is 56.6 Å². The van der Waals surface area contributed by atoms with Crippen LogP contribution in [0.3, 0.4) is 0 Å². The molecule has 0 nitrogen and oxygen atoms in total. The van der Waals surface area contributed by atoms with Gasteiger partial charge in [-0.25, -0.2) is 0 Å². The van der Waals surface area contributed by atoms with Gasteiger partial charge in [-0.1, -0.05) is 114 Å². The summed E-state index contributed by atoms with van der Waals surface area (Å²) in [6.45, 7) is 16.9. The maximum Gasteiger partial charge on any atom is 0.0274 e. The highest BCUT2D eigenvalue weighted by molar-refractivity contribution is 9.10. The molecule has 3 aliphatic rings. The lowest BCUT2D eigenvalue weighted by molar-refractivity contribution is 0.136. The third kappa shape index (κ3) is 4.17. The SMILES string of the molecule is Cc1cc(Br)c2c(c1)C(C1CCCCC1)(C1CCCCC1)c1c-2cc(C(C)(C)C)cc1C(C)(C)C. The Labute approximate surface area is 223 Å². The summed E-state index contributed by atoms with van der Waals surface area (Å²) in [6.07, 6.45) is 14.0. The minimum atomic E-state index is 0.115. The van der Waals surface area contributed by atoms with Gasteiger partial charge in [0.2, 0.25) is 0 Å². The second-order valence-corrected chi connectivity index (χ2v) is 15.0. The fourth-order valence-corrected chi connectivity index (χ4v) is 8.87. The van der Waals surface area contributed by atoms with E-state index in [0.29, 0.717) is 0 Å². The first-order valence-electron chi connectivity index (χ1n) is 14.5. The minimum Gasteiger partial charge on any atom is -0.0561 e. The van der Waals surface area contributed by atoms with Crippen molar-refractivity contribution in [3.8, 4) is 11.1 Å². The average Bonchev–Trinajstić information content (AvgIpc) is 3.09. The molecule has 0 amide bonds. The Morgan fingerprint density at radius 2 is 1.26 bits per heavy atom. The fraction of sp³-hybridized carbons (Fsp3) is 0.647. The van der Waals surface area contributed by atoms with E-state index in [1.54, 1.807) is 22.3 Å². The summed E-state index contributed by atoms with van der Waals surface area (Å²) in [6, 6.07) is 10.2. The first-order chi connectivity index (χ1) is 16.5. The van der Waals surface area contributed by atoms with Gasteiger partial charge in [0.1, 0.15) is 0 Å². The molecule has 0 radical (unpaired) electrons. The van der Waals surface area contributed by atoms with Crippen LogP contribution in [-0.2, 0) is 16.2 Å². The first-order valence-corrected chi connectivity index (χ1v) is 15.3. The molecule has 0 spiro atoms. The zero-order valence-electron chi connectivity index (χ0n) is 23.4. The number of aryl methyl sites for hydroxylation is 1. The molecule has 190 valence electrons. The van der Waals surface area contributed by atoms with E-state index in [1.165, 1.54) is 85.4 Å². The van der Waals surface area contributed by atoms with Gasteiger partial charge in [0, 0.05) is 15.5 Å². The predicted octanol–water partition coefficient (Wildman–Crippen LogP) is 10.8. The summed E-state index contributed by atoms with van der Waals surface area (Å²) in [5, 5.41) is 0. The lowest BCUT2D eigenvalue weighted by Gasteiger charge is -2.50. The molecular formula is C34H47Br. The van der Waals surface area contributed by atoms with E-state index in [-0.39, 0.29) is 16.2 Å². The van der Waals surface area contributed by atoms with E-state index in [2.05, 4.69) is 88.7 Å².